The smallest absolute Gasteiger partial charge is 0.282 e. The Morgan fingerprint density at radius 3 is 2.16 bits per heavy atom. The molecule has 0 saturated heterocycles. The summed E-state index contributed by atoms with van der Waals surface area (Å²) in [5, 5.41) is 0. The minimum Gasteiger partial charge on any atom is -0.493 e. The number of benzene rings is 3. The highest BCUT2D eigenvalue weighted by molar-refractivity contribution is 7.90. The van der Waals surface area contributed by atoms with Crippen molar-refractivity contribution in [1.29, 1.82) is 0 Å². The summed E-state index contributed by atoms with van der Waals surface area (Å²) in [4.78, 5) is 0.156. The molecule has 0 aliphatic heterocycles. The Bertz CT molecular complexity index is 1190. The van der Waals surface area contributed by atoms with Gasteiger partial charge in [-0.3, -0.25) is 0 Å². The minimum atomic E-state index is -3.77. The molecule has 0 heterocycles. The van der Waals surface area contributed by atoms with Crippen LogP contribution in [0.4, 0.5) is 0 Å². The van der Waals surface area contributed by atoms with E-state index < -0.39 is 10.0 Å². The Kier molecular flexibility index (Phi) is 7.04. The molecule has 0 aliphatic carbocycles. The first-order chi connectivity index (χ1) is 15.1. The van der Waals surface area contributed by atoms with E-state index in [1.807, 2.05) is 6.92 Å². The molecule has 5 nitrogen and oxygen atoms in total. The number of aryl methyl sites for hydroxylation is 1. The highest BCUT2D eigenvalue weighted by Gasteiger charge is 2.14. The first kappa shape index (κ1) is 23.5. The van der Waals surface area contributed by atoms with Crippen molar-refractivity contribution in [3.8, 4) is 11.5 Å². The summed E-state index contributed by atoms with van der Waals surface area (Å²) in [5.74, 6) is 1.08. The van der Waals surface area contributed by atoms with Crippen LogP contribution in [0.5, 0.6) is 11.5 Å². The summed E-state index contributed by atoms with van der Waals surface area (Å²) >= 11 is 0. The Morgan fingerprint density at radius 1 is 0.906 bits per heavy atom. The van der Waals surface area contributed by atoms with E-state index in [0.29, 0.717) is 23.7 Å². The zero-order valence-corrected chi connectivity index (χ0v) is 19.9. The molecule has 168 valence electrons. The Balaban J connectivity index is 1.71. The maximum absolute atomic E-state index is 12.4. The van der Waals surface area contributed by atoms with Gasteiger partial charge in [0, 0.05) is 6.21 Å². The molecule has 0 N–H and O–H groups in total. The third-order valence-electron chi connectivity index (χ3n) is 5.06. The van der Waals surface area contributed by atoms with E-state index in [0.717, 1.165) is 11.1 Å². The van der Waals surface area contributed by atoms with E-state index in [1.54, 1.807) is 49.6 Å². The first-order valence-corrected chi connectivity index (χ1v) is 11.8. The third kappa shape index (κ3) is 5.98. The SMILES string of the molecule is COc1cc(/C=N\S(=O)(=O)c2ccc(C)cc2)ccc1OCc1ccc(C(C)(C)C)cc1. The molecule has 0 fully saturated rings. The van der Waals surface area contributed by atoms with Crippen LogP contribution < -0.4 is 9.47 Å². The van der Waals surface area contributed by atoms with Crippen LogP contribution in [0, 0.1) is 6.92 Å². The molecule has 0 aliphatic rings. The van der Waals surface area contributed by atoms with E-state index in [2.05, 4.69) is 49.4 Å². The highest BCUT2D eigenvalue weighted by Crippen LogP contribution is 2.29. The molecule has 3 aromatic rings. The van der Waals surface area contributed by atoms with Crippen molar-refractivity contribution in [1.82, 2.24) is 0 Å². The van der Waals surface area contributed by atoms with Crippen molar-refractivity contribution in [2.24, 2.45) is 4.40 Å². The van der Waals surface area contributed by atoms with E-state index in [4.69, 9.17) is 9.47 Å². The second kappa shape index (κ2) is 9.57. The second-order valence-corrected chi connectivity index (χ2v) is 10.3. The molecule has 0 amide bonds. The fourth-order valence-corrected chi connectivity index (χ4v) is 3.91. The molecule has 0 saturated carbocycles. The largest absolute Gasteiger partial charge is 0.493 e. The number of ether oxygens (including phenoxy) is 2. The van der Waals surface area contributed by atoms with Crippen molar-refractivity contribution in [3.05, 3.63) is 89.0 Å². The molecule has 0 aromatic heterocycles. The molecular formula is C26H29NO4S. The van der Waals surface area contributed by atoms with Gasteiger partial charge in [0.15, 0.2) is 11.5 Å². The van der Waals surface area contributed by atoms with E-state index in [9.17, 15) is 8.42 Å². The summed E-state index contributed by atoms with van der Waals surface area (Å²) in [7, 11) is -2.22. The average Bonchev–Trinajstić information content (AvgIpc) is 2.76. The quantitative estimate of drug-likeness (QED) is 0.433. The lowest BCUT2D eigenvalue weighted by molar-refractivity contribution is 0.284. The van der Waals surface area contributed by atoms with Gasteiger partial charge in [0.05, 0.1) is 12.0 Å². The number of sulfonamides is 1. The second-order valence-electron chi connectivity index (χ2n) is 8.67. The van der Waals surface area contributed by atoms with Gasteiger partial charge < -0.3 is 9.47 Å². The van der Waals surface area contributed by atoms with Crippen molar-refractivity contribution in [2.45, 2.75) is 44.6 Å². The summed E-state index contributed by atoms with van der Waals surface area (Å²) in [6.07, 6.45) is 1.31. The zero-order valence-electron chi connectivity index (χ0n) is 19.1. The molecule has 6 heteroatoms. The van der Waals surface area contributed by atoms with Gasteiger partial charge in [0.2, 0.25) is 0 Å². The predicted molar refractivity (Wildman–Crippen MR) is 128 cm³/mol. The highest BCUT2D eigenvalue weighted by atomic mass is 32.2. The van der Waals surface area contributed by atoms with Gasteiger partial charge in [-0.25, -0.2) is 0 Å². The maximum Gasteiger partial charge on any atom is 0.282 e. The van der Waals surface area contributed by atoms with Gasteiger partial charge in [-0.05, 0) is 59.4 Å². The van der Waals surface area contributed by atoms with E-state index in [-0.39, 0.29) is 10.3 Å². The van der Waals surface area contributed by atoms with Crippen molar-refractivity contribution in [2.75, 3.05) is 7.11 Å². The lowest BCUT2D eigenvalue weighted by Crippen LogP contribution is -2.10. The van der Waals surface area contributed by atoms with Crippen LogP contribution in [-0.4, -0.2) is 21.7 Å². The molecule has 0 unspecified atom stereocenters. The molecule has 0 spiro atoms. The summed E-state index contributed by atoms with van der Waals surface area (Å²) in [6, 6.07) is 20.1. The standard InChI is InChI=1S/C26H29NO4S/c1-19-6-13-23(14-7-19)32(28,29)27-17-21-10-15-24(25(16-21)30-5)31-18-20-8-11-22(12-9-20)26(2,3)4/h6-17H,18H2,1-5H3/b27-17-. The lowest BCUT2D eigenvalue weighted by Gasteiger charge is -2.19. The number of hydrogen-bond donors (Lipinski definition) is 0. The van der Waals surface area contributed by atoms with Gasteiger partial charge in [-0.15, -0.1) is 0 Å². The lowest BCUT2D eigenvalue weighted by atomic mass is 9.87. The number of hydrogen-bond acceptors (Lipinski definition) is 4. The zero-order chi connectivity index (χ0) is 23.4. The van der Waals surface area contributed by atoms with Crippen molar-refractivity contribution >= 4 is 16.2 Å². The van der Waals surface area contributed by atoms with E-state index >= 15 is 0 Å². The van der Waals surface area contributed by atoms with Gasteiger partial charge in [0.25, 0.3) is 10.0 Å². The third-order valence-corrected chi connectivity index (χ3v) is 6.31. The van der Waals surface area contributed by atoms with Gasteiger partial charge in [0.1, 0.15) is 6.61 Å². The molecule has 3 rings (SSSR count). The molecule has 0 radical (unpaired) electrons. The van der Waals surface area contributed by atoms with Crippen LogP contribution in [0.2, 0.25) is 0 Å². The topological polar surface area (TPSA) is 65.0 Å². The van der Waals surface area contributed by atoms with Gasteiger partial charge in [-0.2, -0.15) is 12.8 Å². The van der Waals surface area contributed by atoms with Crippen LogP contribution in [-0.2, 0) is 22.0 Å². The van der Waals surface area contributed by atoms with Crippen molar-refractivity contribution in [3.63, 3.8) is 0 Å². The van der Waals surface area contributed by atoms with Crippen molar-refractivity contribution < 1.29 is 17.9 Å². The van der Waals surface area contributed by atoms with Crippen LogP contribution >= 0.6 is 0 Å². The fourth-order valence-electron chi connectivity index (χ4n) is 3.05. The average molecular weight is 452 g/mol. The van der Waals surface area contributed by atoms with Gasteiger partial charge >= 0.3 is 0 Å². The van der Waals surface area contributed by atoms with Crippen LogP contribution in [0.1, 0.15) is 43.0 Å². The Labute approximate surface area is 190 Å². The monoisotopic (exact) mass is 451 g/mol. The molecule has 3 aromatic carbocycles. The Morgan fingerprint density at radius 2 is 1.56 bits per heavy atom. The van der Waals surface area contributed by atoms with Crippen LogP contribution in [0.15, 0.2) is 76.0 Å². The maximum atomic E-state index is 12.4. The minimum absolute atomic E-state index is 0.104. The normalized spacial score (nSPS) is 12.2. The molecule has 32 heavy (non-hydrogen) atoms. The summed E-state index contributed by atoms with van der Waals surface area (Å²) in [5.41, 5.74) is 4.00. The Hall–Kier alpha value is -3.12. The number of rotatable bonds is 7. The molecule has 0 atom stereocenters. The predicted octanol–water partition coefficient (Wildman–Crippen LogP) is 5.69. The van der Waals surface area contributed by atoms with Crippen LogP contribution in [0.3, 0.4) is 0 Å². The molecular weight excluding hydrogens is 422 g/mol. The molecule has 0 bridgehead atoms. The number of methoxy groups -OCH3 is 1. The van der Waals surface area contributed by atoms with Gasteiger partial charge in [-0.1, -0.05) is 62.7 Å². The summed E-state index contributed by atoms with van der Waals surface area (Å²) < 4.78 is 40.0. The number of nitrogens with zero attached hydrogens (tertiary/aromatic N) is 1. The van der Waals surface area contributed by atoms with Crippen LogP contribution in [0.25, 0.3) is 0 Å². The van der Waals surface area contributed by atoms with E-state index in [1.165, 1.54) is 11.8 Å². The fraction of sp³-hybridized carbons (Fsp3) is 0.269. The first-order valence-electron chi connectivity index (χ1n) is 10.4. The summed E-state index contributed by atoms with van der Waals surface area (Å²) in [6.45, 7) is 8.84.